The highest BCUT2D eigenvalue weighted by Crippen LogP contribution is 2.35. The van der Waals surface area contributed by atoms with Gasteiger partial charge in [-0.05, 0) is 56.2 Å². The Balaban J connectivity index is 1.65. The van der Waals surface area contributed by atoms with Gasteiger partial charge in [0, 0.05) is 28.7 Å². The topological polar surface area (TPSA) is 65.6 Å². The van der Waals surface area contributed by atoms with Gasteiger partial charge in [-0.1, -0.05) is 72.0 Å². The van der Waals surface area contributed by atoms with E-state index in [1.165, 1.54) is 11.3 Å². The molecule has 1 aliphatic rings. The molecular formula is C32H29N3O3S. The smallest absolute Gasteiger partial charge is 0.338 e. The number of esters is 1. The van der Waals surface area contributed by atoms with E-state index < -0.39 is 12.0 Å². The van der Waals surface area contributed by atoms with Gasteiger partial charge in [-0.3, -0.25) is 9.36 Å². The van der Waals surface area contributed by atoms with E-state index in [9.17, 15) is 9.59 Å². The number of thiazole rings is 1. The van der Waals surface area contributed by atoms with E-state index in [0.717, 1.165) is 45.0 Å². The van der Waals surface area contributed by atoms with Crippen molar-refractivity contribution in [1.82, 2.24) is 9.13 Å². The lowest BCUT2D eigenvalue weighted by molar-refractivity contribution is -0.139. The van der Waals surface area contributed by atoms with Crippen molar-refractivity contribution in [2.24, 2.45) is 4.99 Å². The summed E-state index contributed by atoms with van der Waals surface area (Å²) in [6, 6.07) is 21.6. The highest BCUT2D eigenvalue weighted by Gasteiger charge is 2.34. The van der Waals surface area contributed by atoms with E-state index in [0.29, 0.717) is 20.6 Å². The van der Waals surface area contributed by atoms with Gasteiger partial charge in [0.2, 0.25) is 0 Å². The number of rotatable bonds is 5. The molecule has 7 heteroatoms. The average molecular weight is 536 g/mol. The summed E-state index contributed by atoms with van der Waals surface area (Å²) in [4.78, 5) is 32.8. The number of hydrogen-bond acceptors (Lipinski definition) is 5. The number of carbonyl (C=O) groups is 1. The lowest BCUT2D eigenvalue weighted by Gasteiger charge is -2.25. The molecule has 2 aromatic heterocycles. The second kappa shape index (κ2) is 9.82. The van der Waals surface area contributed by atoms with Crippen LogP contribution in [-0.2, 0) is 16.1 Å². The molecule has 1 aliphatic heterocycles. The summed E-state index contributed by atoms with van der Waals surface area (Å²) >= 11 is 1.36. The molecule has 1 atom stereocenters. The van der Waals surface area contributed by atoms with Gasteiger partial charge >= 0.3 is 5.97 Å². The number of hydrogen-bond donors (Lipinski definition) is 0. The molecule has 0 spiro atoms. The van der Waals surface area contributed by atoms with E-state index in [4.69, 9.17) is 9.73 Å². The SMILES string of the molecule is CCOC(=O)C1=C(C)N=c2s/c(=C/c3c(C)n(CC)c4ccccc34)c(=O)n2[C@@H]1c1cccc2ccccc12. The number of ether oxygens (including phenoxy) is 1. The maximum absolute atomic E-state index is 14.2. The summed E-state index contributed by atoms with van der Waals surface area (Å²) in [5.41, 5.74) is 4.95. The van der Waals surface area contributed by atoms with Gasteiger partial charge < -0.3 is 9.30 Å². The predicted molar refractivity (Wildman–Crippen MR) is 157 cm³/mol. The van der Waals surface area contributed by atoms with Crippen molar-refractivity contribution >= 4 is 45.1 Å². The Morgan fingerprint density at radius 2 is 1.72 bits per heavy atom. The van der Waals surface area contributed by atoms with E-state index >= 15 is 0 Å². The molecule has 3 aromatic carbocycles. The van der Waals surface area contributed by atoms with Crippen LogP contribution in [0.4, 0.5) is 0 Å². The number of para-hydroxylation sites is 1. The van der Waals surface area contributed by atoms with Crippen LogP contribution in [0.25, 0.3) is 27.8 Å². The van der Waals surface area contributed by atoms with Crippen molar-refractivity contribution < 1.29 is 9.53 Å². The number of nitrogens with zero attached hydrogens (tertiary/aromatic N) is 3. The first kappa shape index (κ1) is 25.1. The van der Waals surface area contributed by atoms with Crippen LogP contribution >= 0.6 is 11.3 Å². The van der Waals surface area contributed by atoms with Crippen LogP contribution in [-0.4, -0.2) is 21.7 Å². The maximum atomic E-state index is 14.2. The van der Waals surface area contributed by atoms with Gasteiger partial charge in [0.1, 0.15) is 0 Å². The number of fused-ring (bicyclic) bond motifs is 3. The van der Waals surface area contributed by atoms with E-state index in [1.807, 2.05) is 67.6 Å². The molecule has 0 bridgehead atoms. The highest BCUT2D eigenvalue weighted by molar-refractivity contribution is 7.07. The Morgan fingerprint density at radius 1 is 1.00 bits per heavy atom. The molecule has 6 nitrogen and oxygen atoms in total. The quantitative estimate of drug-likeness (QED) is 0.289. The molecule has 0 saturated carbocycles. The van der Waals surface area contributed by atoms with Gasteiger partial charge in [-0.2, -0.15) is 0 Å². The summed E-state index contributed by atoms with van der Waals surface area (Å²) in [6.07, 6.45) is 1.98. The lowest BCUT2D eigenvalue weighted by Crippen LogP contribution is -2.40. The van der Waals surface area contributed by atoms with Crippen molar-refractivity contribution in [2.75, 3.05) is 6.61 Å². The second-order valence-corrected chi connectivity index (χ2v) is 10.6. The standard InChI is InChI=1S/C32H29N3O3S/c1-5-34-20(4)25(23-15-9-10-17-26(23)34)18-27-30(36)35-29(24-16-11-13-21-12-7-8-14-22(21)24)28(31(37)38-6-2)19(3)33-32(35)39-27/h7-18,29H,5-6H2,1-4H3/b27-18+/t29-/m1/s1. The normalized spacial score (nSPS) is 15.6. The summed E-state index contributed by atoms with van der Waals surface area (Å²) in [5.74, 6) is -0.451. The lowest BCUT2D eigenvalue weighted by atomic mass is 9.91. The number of aromatic nitrogens is 2. The number of benzene rings is 3. The third kappa shape index (κ3) is 3.96. The minimum absolute atomic E-state index is 0.168. The van der Waals surface area contributed by atoms with Crippen molar-refractivity contribution in [2.45, 2.75) is 40.3 Å². The summed E-state index contributed by atoms with van der Waals surface area (Å²) in [7, 11) is 0. The van der Waals surface area contributed by atoms with Crippen LogP contribution in [0.1, 0.15) is 43.6 Å². The fourth-order valence-corrected chi connectivity index (χ4v) is 6.78. The molecule has 0 N–H and O–H groups in total. The van der Waals surface area contributed by atoms with Crippen molar-refractivity contribution in [3.05, 3.63) is 115 Å². The van der Waals surface area contributed by atoms with Crippen molar-refractivity contribution in [3.8, 4) is 0 Å². The number of aryl methyl sites for hydroxylation is 1. The van der Waals surface area contributed by atoms with Gasteiger partial charge in [0.05, 0.1) is 28.5 Å². The monoisotopic (exact) mass is 535 g/mol. The number of allylic oxidation sites excluding steroid dienone is 1. The molecule has 3 heterocycles. The maximum Gasteiger partial charge on any atom is 0.338 e. The Labute approximate surface area is 229 Å². The molecule has 0 saturated heterocycles. The first-order chi connectivity index (χ1) is 18.9. The zero-order chi connectivity index (χ0) is 27.3. The zero-order valence-electron chi connectivity index (χ0n) is 22.4. The summed E-state index contributed by atoms with van der Waals surface area (Å²) in [5, 5.41) is 3.13. The molecular weight excluding hydrogens is 506 g/mol. The Morgan fingerprint density at radius 3 is 2.49 bits per heavy atom. The first-order valence-corrected chi connectivity index (χ1v) is 14.0. The van der Waals surface area contributed by atoms with Gasteiger partial charge in [0.15, 0.2) is 4.80 Å². The van der Waals surface area contributed by atoms with Gasteiger partial charge in [-0.25, -0.2) is 9.79 Å². The summed E-state index contributed by atoms with van der Waals surface area (Å²) in [6.45, 7) is 8.90. The molecule has 0 amide bonds. The van der Waals surface area contributed by atoms with Crippen LogP contribution in [0.3, 0.4) is 0 Å². The molecule has 0 radical (unpaired) electrons. The van der Waals surface area contributed by atoms with Crippen LogP contribution in [0.5, 0.6) is 0 Å². The average Bonchev–Trinajstić information content (AvgIpc) is 3.40. The molecule has 196 valence electrons. The third-order valence-corrected chi connectivity index (χ3v) is 8.49. The first-order valence-electron chi connectivity index (χ1n) is 13.2. The molecule has 39 heavy (non-hydrogen) atoms. The van der Waals surface area contributed by atoms with Crippen LogP contribution in [0, 0.1) is 6.92 Å². The number of carbonyl (C=O) groups excluding carboxylic acids is 1. The minimum atomic E-state index is -0.647. The third-order valence-electron chi connectivity index (χ3n) is 7.51. The van der Waals surface area contributed by atoms with E-state index in [1.54, 1.807) is 11.5 Å². The van der Waals surface area contributed by atoms with Crippen LogP contribution in [0.15, 0.2) is 87.8 Å². The second-order valence-electron chi connectivity index (χ2n) is 9.63. The zero-order valence-corrected chi connectivity index (χ0v) is 23.2. The predicted octanol–water partition coefficient (Wildman–Crippen LogP) is 5.23. The highest BCUT2D eigenvalue weighted by atomic mass is 32.1. The molecule has 0 fully saturated rings. The van der Waals surface area contributed by atoms with E-state index in [2.05, 4.69) is 30.5 Å². The molecule has 6 rings (SSSR count). The Bertz CT molecular complexity index is 1990. The van der Waals surface area contributed by atoms with E-state index in [-0.39, 0.29) is 12.2 Å². The largest absolute Gasteiger partial charge is 0.463 e. The Hall–Kier alpha value is -4.23. The molecule has 0 aliphatic carbocycles. The fraction of sp³-hybridized carbons (Fsp3) is 0.219. The fourth-order valence-electron chi connectivity index (χ4n) is 5.75. The van der Waals surface area contributed by atoms with Crippen molar-refractivity contribution in [3.63, 3.8) is 0 Å². The molecule has 5 aromatic rings. The molecule has 0 unspecified atom stereocenters. The van der Waals surface area contributed by atoms with Crippen LogP contribution in [0.2, 0.25) is 0 Å². The summed E-state index contributed by atoms with van der Waals surface area (Å²) < 4.78 is 9.99. The van der Waals surface area contributed by atoms with Gasteiger partial charge in [-0.15, -0.1) is 0 Å². The van der Waals surface area contributed by atoms with Crippen LogP contribution < -0.4 is 14.9 Å². The minimum Gasteiger partial charge on any atom is -0.463 e. The van der Waals surface area contributed by atoms with Crippen molar-refractivity contribution in [1.29, 1.82) is 0 Å². The Kier molecular flexibility index (Phi) is 6.31. The van der Waals surface area contributed by atoms with Gasteiger partial charge in [0.25, 0.3) is 5.56 Å².